The molecule has 1 aliphatic heterocycles. The highest BCUT2D eigenvalue weighted by molar-refractivity contribution is 4.94. The van der Waals surface area contributed by atoms with Crippen LogP contribution in [0.4, 0.5) is 0 Å². The topological polar surface area (TPSA) is 24.1 Å². The van der Waals surface area contributed by atoms with E-state index >= 15 is 0 Å². The van der Waals surface area contributed by atoms with Crippen molar-refractivity contribution in [3.63, 3.8) is 0 Å². The first-order chi connectivity index (χ1) is 5.79. The number of rotatable bonds is 2. The molecule has 2 N–H and O–H groups in total. The van der Waals surface area contributed by atoms with Crippen LogP contribution in [0.5, 0.6) is 0 Å². The summed E-state index contributed by atoms with van der Waals surface area (Å²) in [6.07, 6.45) is 6.96. The van der Waals surface area contributed by atoms with Gasteiger partial charge < -0.3 is 10.6 Å². The summed E-state index contributed by atoms with van der Waals surface area (Å²) in [5, 5.41) is 7.22. The van der Waals surface area contributed by atoms with Crippen molar-refractivity contribution in [1.82, 2.24) is 10.6 Å². The van der Waals surface area contributed by atoms with Crippen LogP contribution in [0.2, 0.25) is 0 Å². The summed E-state index contributed by atoms with van der Waals surface area (Å²) in [4.78, 5) is 0. The monoisotopic (exact) mass is 168 g/mol. The molecule has 0 bridgehead atoms. The van der Waals surface area contributed by atoms with Gasteiger partial charge in [0, 0.05) is 18.1 Å². The smallest absolute Gasteiger partial charge is 0.0292 e. The first-order valence-corrected chi connectivity index (χ1v) is 5.27. The highest BCUT2D eigenvalue weighted by Gasteiger charge is 2.31. The van der Waals surface area contributed by atoms with Gasteiger partial charge in [0.2, 0.25) is 0 Å². The fraction of sp³-hybridized carbons (Fsp3) is 1.00. The van der Waals surface area contributed by atoms with Crippen LogP contribution in [0.15, 0.2) is 0 Å². The summed E-state index contributed by atoms with van der Waals surface area (Å²) in [5.74, 6) is 0. The second-order valence-corrected chi connectivity index (χ2v) is 4.61. The largest absolute Gasteiger partial charge is 0.315 e. The average Bonchev–Trinajstić information content (AvgIpc) is 2.62. The Bertz CT molecular complexity index is 144. The molecular weight excluding hydrogens is 148 g/mol. The summed E-state index contributed by atoms with van der Waals surface area (Å²) in [6.45, 7) is 4.70. The lowest BCUT2D eigenvalue weighted by Gasteiger charge is -2.28. The maximum atomic E-state index is 3.79. The number of nitrogens with one attached hydrogen (secondary N) is 2. The predicted octanol–water partition coefficient (Wildman–Crippen LogP) is 1.27. The van der Waals surface area contributed by atoms with E-state index in [1.807, 2.05) is 0 Å². The van der Waals surface area contributed by atoms with Crippen LogP contribution >= 0.6 is 0 Å². The van der Waals surface area contributed by atoms with E-state index in [1.54, 1.807) is 0 Å². The van der Waals surface area contributed by atoms with Gasteiger partial charge in [0.05, 0.1) is 0 Å². The van der Waals surface area contributed by atoms with Crippen LogP contribution in [-0.4, -0.2) is 24.7 Å². The van der Waals surface area contributed by atoms with Crippen molar-refractivity contribution in [3.05, 3.63) is 0 Å². The van der Waals surface area contributed by atoms with E-state index in [-0.39, 0.29) is 0 Å². The van der Waals surface area contributed by atoms with Gasteiger partial charge in [-0.05, 0) is 32.7 Å². The molecule has 70 valence electrons. The molecule has 12 heavy (non-hydrogen) atoms. The lowest BCUT2D eigenvalue weighted by atomic mass is 10.00. The van der Waals surface area contributed by atoms with Gasteiger partial charge in [0.1, 0.15) is 0 Å². The Balaban J connectivity index is 1.83. The standard InChI is InChI=1S/C10H20N2/c1-10(6-7-11-8-10)12-9-4-2-3-5-9/h9,11-12H,2-8H2,1H3. The summed E-state index contributed by atoms with van der Waals surface area (Å²) >= 11 is 0. The molecule has 0 spiro atoms. The molecule has 0 radical (unpaired) electrons. The quantitative estimate of drug-likeness (QED) is 0.649. The fourth-order valence-electron chi connectivity index (χ4n) is 2.50. The molecule has 0 aromatic heterocycles. The minimum atomic E-state index is 0.398. The normalized spacial score (nSPS) is 37.8. The Kier molecular flexibility index (Phi) is 2.37. The molecular formula is C10H20N2. The van der Waals surface area contributed by atoms with Gasteiger partial charge in [-0.15, -0.1) is 0 Å². The third-order valence-corrected chi connectivity index (χ3v) is 3.28. The van der Waals surface area contributed by atoms with Gasteiger partial charge >= 0.3 is 0 Å². The lowest BCUT2D eigenvalue weighted by Crippen LogP contribution is -2.48. The van der Waals surface area contributed by atoms with E-state index in [1.165, 1.54) is 38.6 Å². The van der Waals surface area contributed by atoms with Crippen LogP contribution in [0, 0.1) is 0 Å². The second kappa shape index (κ2) is 3.35. The van der Waals surface area contributed by atoms with Crippen LogP contribution in [0.25, 0.3) is 0 Å². The second-order valence-electron chi connectivity index (χ2n) is 4.61. The molecule has 2 rings (SSSR count). The summed E-state index contributed by atoms with van der Waals surface area (Å²) in [7, 11) is 0. The molecule has 2 heteroatoms. The van der Waals surface area contributed by atoms with Crippen molar-refractivity contribution in [2.45, 2.75) is 50.6 Å². The van der Waals surface area contributed by atoms with Gasteiger partial charge in [0.25, 0.3) is 0 Å². The van der Waals surface area contributed by atoms with Gasteiger partial charge in [-0.25, -0.2) is 0 Å². The van der Waals surface area contributed by atoms with Crippen molar-refractivity contribution in [2.24, 2.45) is 0 Å². The first-order valence-electron chi connectivity index (χ1n) is 5.27. The molecule has 1 aliphatic carbocycles. The van der Waals surface area contributed by atoms with E-state index in [2.05, 4.69) is 17.6 Å². The molecule has 0 aromatic carbocycles. The van der Waals surface area contributed by atoms with E-state index in [4.69, 9.17) is 0 Å². The van der Waals surface area contributed by atoms with Crippen LogP contribution in [-0.2, 0) is 0 Å². The summed E-state index contributed by atoms with van der Waals surface area (Å²) < 4.78 is 0. The van der Waals surface area contributed by atoms with Crippen LogP contribution < -0.4 is 10.6 Å². The van der Waals surface area contributed by atoms with Gasteiger partial charge in [-0.3, -0.25) is 0 Å². The summed E-state index contributed by atoms with van der Waals surface area (Å²) in [6, 6.07) is 0.815. The van der Waals surface area contributed by atoms with Gasteiger partial charge in [-0.2, -0.15) is 0 Å². The minimum Gasteiger partial charge on any atom is -0.315 e. The zero-order valence-electron chi connectivity index (χ0n) is 8.03. The van der Waals surface area contributed by atoms with Crippen LogP contribution in [0.3, 0.4) is 0 Å². The fourth-order valence-corrected chi connectivity index (χ4v) is 2.50. The molecule has 1 heterocycles. The third-order valence-electron chi connectivity index (χ3n) is 3.28. The van der Waals surface area contributed by atoms with Crippen molar-refractivity contribution >= 4 is 0 Å². The van der Waals surface area contributed by atoms with E-state index < -0.39 is 0 Å². The molecule has 2 aliphatic rings. The number of hydrogen-bond acceptors (Lipinski definition) is 2. The molecule has 1 saturated carbocycles. The third kappa shape index (κ3) is 1.80. The Morgan fingerprint density at radius 1 is 1.33 bits per heavy atom. The van der Waals surface area contributed by atoms with Crippen LogP contribution in [0.1, 0.15) is 39.0 Å². The summed E-state index contributed by atoms with van der Waals surface area (Å²) in [5.41, 5.74) is 0.398. The molecule has 1 atom stereocenters. The van der Waals surface area contributed by atoms with Gasteiger partial charge in [0.15, 0.2) is 0 Å². The maximum Gasteiger partial charge on any atom is 0.0292 e. The Morgan fingerprint density at radius 3 is 2.67 bits per heavy atom. The molecule has 1 saturated heterocycles. The highest BCUT2D eigenvalue weighted by Crippen LogP contribution is 2.22. The molecule has 2 nitrogen and oxygen atoms in total. The Hall–Kier alpha value is -0.0800. The van der Waals surface area contributed by atoms with Crippen molar-refractivity contribution in [3.8, 4) is 0 Å². The predicted molar refractivity (Wildman–Crippen MR) is 51.3 cm³/mol. The minimum absolute atomic E-state index is 0.398. The molecule has 2 fully saturated rings. The average molecular weight is 168 g/mol. The zero-order chi connectivity index (χ0) is 8.44. The van der Waals surface area contributed by atoms with Gasteiger partial charge in [-0.1, -0.05) is 12.8 Å². The first kappa shape index (κ1) is 8.52. The van der Waals surface area contributed by atoms with E-state index in [0.29, 0.717) is 5.54 Å². The van der Waals surface area contributed by atoms with Crippen molar-refractivity contribution in [2.75, 3.05) is 13.1 Å². The lowest BCUT2D eigenvalue weighted by molar-refractivity contribution is 0.333. The molecule has 0 amide bonds. The number of hydrogen-bond donors (Lipinski definition) is 2. The Morgan fingerprint density at radius 2 is 2.08 bits per heavy atom. The van der Waals surface area contributed by atoms with E-state index in [0.717, 1.165) is 12.6 Å². The highest BCUT2D eigenvalue weighted by atomic mass is 15.1. The molecule has 0 aromatic rings. The van der Waals surface area contributed by atoms with Crippen molar-refractivity contribution in [1.29, 1.82) is 0 Å². The Labute approximate surface area is 75.1 Å². The molecule has 1 unspecified atom stereocenters. The van der Waals surface area contributed by atoms with Crippen molar-refractivity contribution < 1.29 is 0 Å². The zero-order valence-corrected chi connectivity index (χ0v) is 8.03. The van der Waals surface area contributed by atoms with E-state index in [9.17, 15) is 0 Å². The SMILES string of the molecule is CC1(NC2CCCC2)CCNC1. The maximum absolute atomic E-state index is 3.79.